The van der Waals surface area contributed by atoms with Crippen molar-refractivity contribution in [3.63, 3.8) is 0 Å². The molecule has 0 bridgehead atoms. The molecule has 1 unspecified atom stereocenters. The lowest BCUT2D eigenvalue weighted by atomic mass is 9.93. The predicted octanol–water partition coefficient (Wildman–Crippen LogP) is 5.31. The maximum atomic E-state index is 13.7. The minimum Gasteiger partial charge on any atom is -0.207 e. The van der Waals surface area contributed by atoms with E-state index < -0.39 is 0 Å². The van der Waals surface area contributed by atoms with Crippen molar-refractivity contribution in [2.24, 2.45) is 0 Å². The van der Waals surface area contributed by atoms with Gasteiger partial charge in [-0.3, -0.25) is 0 Å². The van der Waals surface area contributed by atoms with Crippen LogP contribution in [0.25, 0.3) is 0 Å². The second kappa shape index (κ2) is 6.48. The van der Waals surface area contributed by atoms with Crippen LogP contribution in [0.1, 0.15) is 17.0 Å². The van der Waals surface area contributed by atoms with E-state index in [1.54, 1.807) is 6.07 Å². The van der Waals surface area contributed by atoms with Crippen LogP contribution in [0, 0.1) is 5.82 Å². The summed E-state index contributed by atoms with van der Waals surface area (Å²) in [7, 11) is 0. The normalized spacial score (nSPS) is 12.4. The maximum absolute atomic E-state index is 13.7. The predicted molar refractivity (Wildman–Crippen MR) is 80.8 cm³/mol. The van der Waals surface area contributed by atoms with Crippen molar-refractivity contribution in [3.8, 4) is 0 Å². The fraction of sp³-hybridized carbons (Fsp3) is 0.200. The molecule has 0 saturated carbocycles. The number of halogens is 3. The van der Waals surface area contributed by atoms with Gasteiger partial charge in [-0.2, -0.15) is 0 Å². The first-order valence-electron chi connectivity index (χ1n) is 5.75. The number of hydrogen-bond acceptors (Lipinski definition) is 0. The van der Waals surface area contributed by atoms with E-state index in [2.05, 4.69) is 44.0 Å². The van der Waals surface area contributed by atoms with E-state index in [9.17, 15) is 4.39 Å². The van der Waals surface area contributed by atoms with Crippen molar-refractivity contribution in [3.05, 3.63) is 69.9 Å². The SMILES string of the molecule is Fc1ccc(Br)cc1CC(CBr)c1ccccc1. The van der Waals surface area contributed by atoms with Crippen molar-refractivity contribution >= 4 is 31.9 Å². The van der Waals surface area contributed by atoms with Crippen molar-refractivity contribution in [1.29, 1.82) is 0 Å². The molecular weight excluding hydrogens is 359 g/mol. The summed E-state index contributed by atoms with van der Waals surface area (Å²) in [6.45, 7) is 0. The van der Waals surface area contributed by atoms with Crippen LogP contribution in [0.3, 0.4) is 0 Å². The number of alkyl halides is 1. The summed E-state index contributed by atoms with van der Waals surface area (Å²) in [6, 6.07) is 15.3. The largest absolute Gasteiger partial charge is 0.207 e. The minimum absolute atomic E-state index is 0.139. The Kier molecular flexibility index (Phi) is 4.95. The van der Waals surface area contributed by atoms with E-state index in [1.807, 2.05) is 24.3 Å². The van der Waals surface area contributed by atoms with Crippen LogP contribution >= 0.6 is 31.9 Å². The summed E-state index contributed by atoms with van der Waals surface area (Å²) in [5.41, 5.74) is 1.98. The van der Waals surface area contributed by atoms with Gasteiger partial charge >= 0.3 is 0 Å². The molecule has 0 aliphatic heterocycles. The van der Waals surface area contributed by atoms with Gasteiger partial charge in [-0.15, -0.1) is 0 Å². The molecule has 0 aliphatic carbocycles. The first-order valence-corrected chi connectivity index (χ1v) is 7.67. The summed E-state index contributed by atoms with van der Waals surface area (Å²) in [5, 5.41) is 0.822. The lowest BCUT2D eigenvalue weighted by Crippen LogP contribution is -2.06. The maximum Gasteiger partial charge on any atom is 0.126 e. The Balaban J connectivity index is 2.23. The molecule has 18 heavy (non-hydrogen) atoms. The van der Waals surface area contributed by atoms with Crippen LogP contribution in [0.2, 0.25) is 0 Å². The molecule has 0 fully saturated rings. The van der Waals surface area contributed by atoms with Gasteiger partial charge in [0.15, 0.2) is 0 Å². The molecule has 3 heteroatoms. The third-order valence-electron chi connectivity index (χ3n) is 2.93. The first-order chi connectivity index (χ1) is 8.70. The molecular formula is C15H13Br2F. The molecule has 0 spiro atoms. The topological polar surface area (TPSA) is 0 Å². The van der Waals surface area contributed by atoms with Gasteiger partial charge in [0.25, 0.3) is 0 Å². The van der Waals surface area contributed by atoms with Crippen molar-refractivity contribution in [2.45, 2.75) is 12.3 Å². The fourth-order valence-corrected chi connectivity index (χ4v) is 2.96. The highest BCUT2D eigenvalue weighted by molar-refractivity contribution is 9.10. The second-order valence-corrected chi connectivity index (χ2v) is 5.76. The van der Waals surface area contributed by atoms with E-state index in [-0.39, 0.29) is 11.7 Å². The Labute approximate surface area is 123 Å². The van der Waals surface area contributed by atoms with Crippen molar-refractivity contribution in [1.82, 2.24) is 0 Å². The summed E-state index contributed by atoms with van der Waals surface area (Å²) >= 11 is 6.90. The third-order valence-corrected chi connectivity index (χ3v) is 4.21. The standard InChI is InChI=1S/C15H13Br2F/c16-10-13(11-4-2-1-3-5-11)8-12-9-14(17)6-7-15(12)18/h1-7,9,13H,8,10H2. The van der Waals surface area contributed by atoms with Gasteiger partial charge in [-0.05, 0) is 41.7 Å². The van der Waals surface area contributed by atoms with Crippen LogP contribution in [0.15, 0.2) is 53.0 Å². The van der Waals surface area contributed by atoms with E-state index in [1.165, 1.54) is 11.6 Å². The Morgan fingerprint density at radius 3 is 2.44 bits per heavy atom. The van der Waals surface area contributed by atoms with E-state index in [4.69, 9.17) is 0 Å². The molecule has 2 aromatic carbocycles. The lowest BCUT2D eigenvalue weighted by molar-refractivity contribution is 0.599. The molecule has 0 radical (unpaired) electrons. The van der Waals surface area contributed by atoms with Crippen LogP contribution in [0.4, 0.5) is 4.39 Å². The van der Waals surface area contributed by atoms with Gasteiger partial charge in [0, 0.05) is 9.80 Å². The van der Waals surface area contributed by atoms with E-state index in [0.29, 0.717) is 6.42 Å². The number of rotatable bonds is 4. The summed E-state index contributed by atoms with van der Waals surface area (Å²) < 4.78 is 14.7. The highest BCUT2D eigenvalue weighted by atomic mass is 79.9. The Bertz CT molecular complexity index is 511. The molecule has 0 N–H and O–H groups in total. The van der Waals surface area contributed by atoms with Crippen molar-refractivity contribution < 1.29 is 4.39 Å². The molecule has 0 heterocycles. The molecule has 2 rings (SSSR count). The summed E-state index contributed by atoms with van der Waals surface area (Å²) in [6.07, 6.45) is 0.695. The average Bonchev–Trinajstić information content (AvgIpc) is 2.41. The van der Waals surface area contributed by atoms with Crippen LogP contribution in [-0.4, -0.2) is 5.33 Å². The lowest BCUT2D eigenvalue weighted by Gasteiger charge is -2.15. The zero-order valence-corrected chi connectivity index (χ0v) is 12.9. The average molecular weight is 372 g/mol. The first kappa shape index (κ1) is 13.8. The molecule has 1 atom stereocenters. The monoisotopic (exact) mass is 370 g/mol. The molecule has 2 aromatic rings. The summed E-state index contributed by atoms with van der Waals surface area (Å²) in [5.74, 6) is 0.148. The fourth-order valence-electron chi connectivity index (χ4n) is 1.95. The highest BCUT2D eigenvalue weighted by Gasteiger charge is 2.13. The number of benzene rings is 2. The molecule has 0 saturated heterocycles. The smallest absolute Gasteiger partial charge is 0.126 e. The van der Waals surface area contributed by atoms with Gasteiger partial charge in [0.05, 0.1) is 0 Å². The molecule has 0 aliphatic rings. The zero-order valence-electron chi connectivity index (χ0n) is 9.74. The minimum atomic E-state index is -0.139. The Morgan fingerprint density at radius 1 is 1.06 bits per heavy atom. The molecule has 0 aromatic heterocycles. The van der Waals surface area contributed by atoms with Gasteiger partial charge in [0.1, 0.15) is 5.82 Å². The highest BCUT2D eigenvalue weighted by Crippen LogP contribution is 2.25. The third kappa shape index (κ3) is 3.42. The van der Waals surface area contributed by atoms with Gasteiger partial charge in [-0.1, -0.05) is 62.2 Å². The van der Waals surface area contributed by atoms with Gasteiger partial charge in [0.2, 0.25) is 0 Å². The van der Waals surface area contributed by atoms with E-state index in [0.717, 1.165) is 15.4 Å². The zero-order chi connectivity index (χ0) is 13.0. The Morgan fingerprint density at radius 2 is 1.78 bits per heavy atom. The molecule has 0 amide bonds. The van der Waals surface area contributed by atoms with Gasteiger partial charge in [-0.25, -0.2) is 4.39 Å². The molecule has 0 nitrogen and oxygen atoms in total. The van der Waals surface area contributed by atoms with Crippen LogP contribution in [0.5, 0.6) is 0 Å². The number of hydrogen-bond donors (Lipinski definition) is 0. The quantitative estimate of drug-likeness (QED) is 0.639. The van der Waals surface area contributed by atoms with Gasteiger partial charge < -0.3 is 0 Å². The summed E-state index contributed by atoms with van der Waals surface area (Å²) in [4.78, 5) is 0. The Hall–Kier alpha value is -0.670. The van der Waals surface area contributed by atoms with Crippen LogP contribution < -0.4 is 0 Å². The second-order valence-electron chi connectivity index (χ2n) is 4.20. The van der Waals surface area contributed by atoms with Crippen molar-refractivity contribution in [2.75, 3.05) is 5.33 Å². The van der Waals surface area contributed by atoms with Crippen LogP contribution in [-0.2, 0) is 6.42 Å². The van der Waals surface area contributed by atoms with E-state index >= 15 is 0 Å². The molecule has 94 valence electrons.